The topological polar surface area (TPSA) is 55.1 Å². The summed E-state index contributed by atoms with van der Waals surface area (Å²) in [6.07, 6.45) is 3.84. The minimum Gasteiger partial charge on any atom is -0.476 e. The van der Waals surface area contributed by atoms with Gasteiger partial charge in [0.2, 0.25) is 0 Å². The van der Waals surface area contributed by atoms with Gasteiger partial charge in [-0.15, -0.1) is 6.58 Å². The summed E-state index contributed by atoms with van der Waals surface area (Å²) in [7, 11) is 0. The van der Waals surface area contributed by atoms with Crippen molar-refractivity contribution in [2.75, 3.05) is 0 Å². The number of carboxylic acid groups (broad SMARTS) is 1. The first-order chi connectivity index (χ1) is 8.70. The van der Waals surface area contributed by atoms with E-state index in [2.05, 4.69) is 11.6 Å². The SMILES string of the molecule is C=CCc1nc(C(=O)O)cn1Cc1ccccc1. The van der Waals surface area contributed by atoms with Gasteiger partial charge in [0, 0.05) is 19.2 Å². The van der Waals surface area contributed by atoms with E-state index in [-0.39, 0.29) is 5.69 Å². The molecule has 1 heterocycles. The molecular formula is C14H14N2O2. The Morgan fingerprint density at radius 1 is 1.39 bits per heavy atom. The zero-order chi connectivity index (χ0) is 13.0. The van der Waals surface area contributed by atoms with Crippen molar-refractivity contribution < 1.29 is 9.90 Å². The van der Waals surface area contributed by atoms with Gasteiger partial charge in [-0.1, -0.05) is 36.4 Å². The molecule has 0 atom stereocenters. The van der Waals surface area contributed by atoms with E-state index >= 15 is 0 Å². The number of hydrogen-bond donors (Lipinski definition) is 1. The van der Waals surface area contributed by atoms with Crippen molar-refractivity contribution >= 4 is 5.97 Å². The zero-order valence-corrected chi connectivity index (χ0v) is 9.91. The number of benzene rings is 1. The van der Waals surface area contributed by atoms with Crippen LogP contribution in [-0.4, -0.2) is 20.6 Å². The number of allylic oxidation sites excluding steroid dienone is 1. The highest BCUT2D eigenvalue weighted by atomic mass is 16.4. The van der Waals surface area contributed by atoms with Gasteiger partial charge >= 0.3 is 5.97 Å². The van der Waals surface area contributed by atoms with Gasteiger partial charge in [-0.3, -0.25) is 0 Å². The molecule has 0 unspecified atom stereocenters. The monoisotopic (exact) mass is 242 g/mol. The second-order valence-corrected chi connectivity index (χ2v) is 3.95. The third-order valence-electron chi connectivity index (χ3n) is 2.60. The Labute approximate surface area is 105 Å². The lowest BCUT2D eigenvalue weighted by molar-refractivity contribution is 0.0691. The van der Waals surface area contributed by atoms with E-state index in [1.54, 1.807) is 12.3 Å². The maximum Gasteiger partial charge on any atom is 0.356 e. The Balaban J connectivity index is 2.30. The predicted octanol–water partition coefficient (Wildman–Crippen LogP) is 2.36. The first-order valence-electron chi connectivity index (χ1n) is 5.65. The van der Waals surface area contributed by atoms with E-state index < -0.39 is 5.97 Å². The Hall–Kier alpha value is -2.36. The lowest BCUT2D eigenvalue weighted by atomic mass is 10.2. The summed E-state index contributed by atoms with van der Waals surface area (Å²) in [5, 5.41) is 8.96. The first-order valence-corrected chi connectivity index (χ1v) is 5.65. The van der Waals surface area contributed by atoms with Gasteiger partial charge in [-0.05, 0) is 5.56 Å². The van der Waals surface area contributed by atoms with E-state index in [1.165, 1.54) is 0 Å². The lowest BCUT2D eigenvalue weighted by Crippen LogP contribution is -2.03. The first kappa shape index (κ1) is 12.1. The molecule has 0 spiro atoms. The van der Waals surface area contributed by atoms with Crippen LogP contribution in [0.4, 0.5) is 0 Å². The molecule has 0 aliphatic rings. The van der Waals surface area contributed by atoms with E-state index in [9.17, 15) is 4.79 Å². The van der Waals surface area contributed by atoms with Crippen molar-refractivity contribution in [1.29, 1.82) is 0 Å². The molecule has 4 nitrogen and oxygen atoms in total. The molecule has 2 rings (SSSR count). The highest BCUT2D eigenvalue weighted by Crippen LogP contribution is 2.09. The number of nitrogens with zero attached hydrogens (tertiary/aromatic N) is 2. The molecule has 0 aliphatic carbocycles. The van der Waals surface area contributed by atoms with Gasteiger partial charge in [-0.2, -0.15) is 0 Å². The maximum absolute atomic E-state index is 10.9. The Bertz CT molecular complexity index is 558. The average Bonchev–Trinajstić information content (AvgIpc) is 2.75. The van der Waals surface area contributed by atoms with Crippen LogP contribution in [0.25, 0.3) is 0 Å². The summed E-state index contributed by atoms with van der Waals surface area (Å²) in [5.74, 6) is -0.293. The Morgan fingerprint density at radius 2 is 2.11 bits per heavy atom. The number of aromatic nitrogens is 2. The summed E-state index contributed by atoms with van der Waals surface area (Å²) in [5.41, 5.74) is 1.18. The van der Waals surface area contributed by atoms with Crippen molar-refractivity contribution in [2.24, 2.45) is 0 Å². The average molecular weight is 242 g/mol. The third kappa shape index (κ3) is 2.66. The van der Waals surface area contributed by atoms with Crippen LogP contribution < -0.4 is 0 Å². The number of rotatable bonds is 5. The van der Waals surface area contributed by atoms with Crippen LogP contribution in [0, 0.1) is 0 Å². The number of imidazole rings is 1. The molecule has 1 aromatic carbocycles. The molecule has 0 fully saturated rings. The summed E-state index contributed by atoms with van der Waals surface area (Å²) in [4.78, 5) is 15.0. The standard InChI is InChI=1S/C14H14N2O2/c1-2-6-13-15-12(14(17)18)10-16(13)9-11-7-4-3-5-8-11/h2-5,7-8,10H,1,6,9H2,(H,17,18). The Kier molecular flexibility index (Phi) is 3.57. The Morgan fingerprint density at radius 3 is 2.72 bits per heavy atom. The fourth-order valence-corrected chi connectivity index (χ4v) is 1.77. The predicted molar refractivity (Wildman–Crippen MR) is 68.6 cm³/mol. The molecule has 0 aliphatic heterocycles. The smallest absolute Gasteiger partial charge is 0.356 e. The normalized spacial score (nSPS) is 10.2. The van der Waals surface area contributed by atoms with Crippen LogP contribution in [0.2, 0.25) is 0 Å². The molecule has 0 saturated heterocycles. The number of hydrogen-bond acceptors (Lipinski definition) is 2. The molecular weight excluding hydrogens is 228 g/mol. The van der Waals surface area contributed by atoms with Crippen LogP contribution in [0.3, 0.4) is 0 Å². The van der Waals surface area contributed by atoms with Crippen molar-refractivity contribution in [3.63, 3.8) is 0 Å². The lowest BCUT2D eigenvalue weighted by Gasteiger charge is -2.05. The summed E-state index contributed by atoms with van der Waals surface area (Å²) in [6, 6.07) is 9.86. The van der Waals surface area contributed by atoms with Gasteiger partial charge in [-0.25, -0.2) is 9.78 Å². The van der Waals surface area contributed by atoms with Gasteiger partial charge in [0.15, 0.2) is 5.69 Å². The molecule has 92 valence electrons. The molecule has 1 aromatic heterocycles. The van der Waals surface area contributed by atoms with Crippen molar-refractivity contribution in [3.05, 3.63) is 66.3 Å². The van der Waals surface area contributed by atoms with Crippen LogP contribution in [0.5, 0.6) is 0 Å². The minimum atomic E-state index is -1.01. The van der Waals surface area contributed by atoms with E-state index in [0.29, 0.717) is 18.8 Å². The number of carboxylic acids is 1. The minimum absolute atomic E-state index is 0.0720. The summed E-state index contributed by atoms with van der Waals surface area (Å²) in [6.45, 7) is 4.27. The molecule has 2 aromatic rings. The van der Waals surface area contributed by atoms with Crippen molar-refractivity contribution in [3.8, 4) is 0 Å². The zero-order valence-electron chi connectivity index (χ0n) is 9.91. The molecule has 0 bridgehead atoms. The maximum atomic E-state index is 10.9. The van der Waals surface area contributed by atoms with E-state index in [1.807, 2.05) is 34.9 Å². The van der Waals surface area contributed by atoms with Gasteiger partial charge < -0.3 is 9.67 Å². The second kappa shape index (κ2) is 5.31. The number of carbonyl (C=O) groups is 1. The van der Waals surface area contributed by atoms with E-state index in [0.717, 1.165) is 5.56 Å². The molecule has 0 saturated carbocycles. The number of aromatic carboxylic acids is 1. The molecule has 18 heavy (non-hydrogen) atoms. The molecule has 4 heteroatoms. The van der Waals surface area contributed by atoms with Gasteiger partial charge in [0.1, 0.15) is 5.82 Å². The van der Waals surface area contributed by atoms with Crippen LogP contribution in [0.1, 0.15) is 21.9 Å². The van der Waals surface area contributed by atoms with Crippen molar-refractivity contribution in [2.45, 2.75) is 13.0 Å². The molecule has 0 radical (unpaired) electrons. The second-order valence-electron chi connectivity index (χ2n) is 3.95. The van der Waals surface area contributed by atoms with Crippen LogP contribution >= 0.6 is 0 Å². The van der Waals surface area contributed by atoms with Gasteiger partial charge in [0.25, 0.3) is 0 Å². The fraction of sp³-hybridized carbons (Fsp3) is 0.143. The molecule has 0 amide bonds. The quantitative estimate of drug-likeness (QED) is 0.819. The van der Waals surface area contributed by atoms with Gasteiger partial charge in [0.05, 0.1) is 0 Å². The highest BCUT2D eigenvalue weighted by Gasteiger charge is 2.12. The fourth-order valence-electron chi connectivity index (χ4n) is 1.77. The third-order valence-corrected chi connectivity index (χ3v) is 2.60. The molecule has 1 N–H and O–H groups in total. The largest absolute Gasteiger partial charge is 0.476 e. The van der Waals surface area contributed by atoms with Crippen LogP contribution in [-0.2, 0) is 13.0 Å². The highest BCUT2D eigenvalue weighted by molar-refractivity contribution is 5.85. The van der Waals surface area contributed by atoms with Crippen molar-refractivity contribution in [1.82, 2.24) is 9.55 Å². The summed E-state index contributed by atoms with van der Waals surface area (Å²) >= 11 is 0. The van der Waals surface area contributed by atoms with Crippen LogP contribution in [0.15, 0.2) is 49.2 Å². The van der Waals surface area contributed by atoms with E-state index in [4.69, 9.17) is 5.11 Å². The summed E-state index contributed by atoms with van der Waals surface area (Å²) < 4.78 is 1.85.